The van der Waals surface area contributed by atoms with Crippen molar-refractivity contribution in [3.05, 3.63) is 58.7 Å². The first-order chi connectivity index (χ1) is 9.45. The highest BCUT2D eigenvalue weighted by Gasteiger charge is 2.09. The minimum atomic E-state index is -0.0502. The molecule has 0 radical (unpaired) electrons. The van der Waals surface area contributed by atoms with Crippen molar-refractivity contribution in [2.45, 2.75) is 27.2 Å². The molecule has 3 heteroatoms. The molecule has 0 saturated carbocycles. The number of aryl methyl sites for hydroxylation is 3. The van der Waals surface area contributed by atoms with Gasteiger partial charge in [0.1, 0.15) is 5.75 Å². The fraction of sp³-hybridized carbons (Fsp3) is 0.235. The van der Waals surface area contributed by atoms with Crippen molar-refractivity contribution in [3.63, 3.8) is 0 Å². The fourth-order valence-corrected chi connectivity index (χ4v) is 2.21. The monoisotopic (exact) mass is 269 g/mol. The second-order valence-electron chi connectivity index (χ2n) is 5.17. The molecule has 0 atom stereocenters. The van der Waals surface area contributed by atoms with E-state index in [-0.39, 0.29) is 11.7 Å². The second-order valence-corrected chi connectivity index (χ2v) is 5.17. The number of anilines is 1. The summed E-state index contributed by atoms with van der Waals surface area (Å²) in [5.41, 5.74) is 4.67. The zero-order valence-corrected chi connectivity index (χ0v) is 12.0. The van der Waals surface area contributed by atoms with Crippen LogP contribution in [0.4, 0.5) is 5.69 Å². The van der Waals surface area contributed by atoms with Crippen LogP contribution in [-0.4, -0.2) is 11.0 Å². The minimum Gasteiger partial charge on any atom is -0.508 e. The molecule has 0 aromatic heterocycles. The number of phenolic OH excluding ortho intramolecular Hbond substituents is 1. The van der Waals surface area contributed by atoms with Gasteiger partial charge in [-0.05, 0) is 49.6 Å². The molecule has 2 N–H and O–H groups in total. The van der Waals surface area contributed by atoms with E-state index in [1.54, 1.807) is 12.1 Å². The Morgan fingerprint density at radius 2 is 1.60 bits per heavy atom. The van der Waals surface area contributed by atoms with Crippen LogP contribution in [0.15, 0.2) is 36.4 Å². The van der Waals surface area contributed by atoms with E-state index < -0.39 is 0 Å². The smallest absolute Gasteiger partial charge is 0.228 e. The molecule has 2 rings (SSSR count). The van der Waals surface area contributed by atoms with Crippen LogP contribution in [-0.2, 0) is 11.2 Å². The van der Waals surface area contributed by atoms with Crippen molar-refractivity contribution in [2.75, 3.05) is 5.32 Å². The lowest BCUT2D eigenvalue weighted by atomic mass is 10.1. The average molecular weight is 269 g/mol. The molecule has 0 unspecified atom stereocenters. The van der Waals surface area contributed by atoms with Gasteiger partial charge in [0.2, 0.25) is 5.91 Å². The zero-order valence-electron chi connectivity index (χ0n) is 12.0. The quantitative estimate of drug-likeness (QED) is 0.838. The van der Waals surface area contributed by atoms with Gasteiger partial charge in [-0.2, -0.15) is 0 Å². The molecule has 0 aliphatic heterocycles. The molecule has 0 fully saturated rings. The second kappa shape index (κ2) is 5.78. The Hall–Kier alpha value is -2.29. The summed E-state index contributed by atoms with van der Waals surface area (Å²) in [6.07, 6.45) is 0.347. The molecule has 2 aromatic carbocycles. The van der Waals surface area contributed by atoms with E-state index >= 15 is 0 Å². The van der Waals surface area contributed by atoms with Gasteiger partial charge in [0.25, 0.3) is 0 Å². The molecule has 104 valence electrons. The molecule has 0 aliphatic carbocycles. The van der Waals surface area contributed by atoms with Gasteiger partial charge >= 0.3 is 0 Å². The summed E-state index contributed by atoms with van der Waals surface area (Å²) in [5.74, 6) is 0.169. The van der Waals surface area contributed by atoms with Crippen LogP contribution in [0.1, 0.15) is 22.3 Å². The predicted octanol–water partition coefficient (Wildman–Crippen LogP) is 3.50. The molecule has 0 heterocycles. The molecule has 0 spiro atoms. The first-order valence-electron chi connectivity index (χ1n) is 6.61. The normalized spacial score (nSPS) is 10.3. The van der Waals surface area contributed by atoms with Crippen molar-refractivity contribution >= 4 is 11.6 Å². The summed E-state index contributed by atoms with van der Waals surface area (Å²) in [4.78, 5) is 12.1. The zero-order chi connectivity index (χ0) is 14.7. The number of phenols is 1. The third-order valence-corrected chi connectivity index (χ3v) is 3.27. The van der Waals surface area contributed by atoms with Crippen LogP contribution < -0.4 is 5.32 Å². The highest BCUT2D eigenvalue weighted by atomic mass is 16.3. The maximum atomic E-state index is 12.1. The first-order valence-corrected chi connectivity index (χ1v) is 6.61. The number of carbonyl (C=O) groups excluding carboxylic acids is 1. The largest absolute Gasteiger partial charge is 0.508 e. The van der Waals surface area contributed by atoms with Crippen LogP contribution in [0.25, 0.3) is 0 Å². The molecular formula is C17H19NO2. The SMILES string of the molecule is Cc1ccc(CC(=O)Nc2c(C)cc(O)cc2C)cc1. The summed E-state index contributed by atoms with van der Waals surface area (Å²) in [6.45, 7) is 5.76. The summed E-state index contributed by atoms with van der Waals surface area (Å²) in [7, 11) is 0. The molecule has 0 aliphatic rings. The lowest BCUT2D eigenvalue weighted by Gasteiger charge is -2.12. The van der Waals surface area contributed by atoms with Gasteiger partial charge in [-0.25, -0.2) is 0 Å². The standard InChI is InChI=1S/C17H19NO2/c1-11-4-6-14(7-5-11)10-16(20)18-17-12(2)8-15(19)9-13(17)3/h4-9,19H,10H2,1-3H3,(H,18,20). The van der Waals surface area contributed by atoms with E-state index in [0.29, 0.717) is 6.42 Å². The Labute approximate surface area is 119 Å². The number of rotatable bonds is 3. The Kier molecular flexibility index (Phi) is 4.08. The van der Waals surface area contributed by atoms with Crippen LogP contribution in [0.2, 0.25) is 0 Å². The first kappa shape index (κ1) is 14.1. The summed E-state index contributed by atoms with van der Waals surface area (Å²) >= 11 is 0. The minimum absolute atomic E-state index is 0.0502. The average Bonchev–Trinajstić information content (AvgIpc) is 2.36. The van der Waals surface area contributed by atoms with Gasteiger partial charge in [-0.15, -0.1) is 0 Å². The predicted molar refractivity (Wildman–Crippen MR) is 81.1 cm³/mol. The maximum absolute atomic E-state index is 12.1. The van der Waals surface area contributed by atoms with Crippen LogP contribution in [0.3, 0.4) is 0 Å². The van der Waals surface area contributed by atoms with Crippen LogP contribution >= 0.6 is 0 Å². The number of aromatic hydroxyl groups is 1. The van der Waals surface area contributed by atoms with E-state index in [4.69, 9.17) is 0 Å². The van der Waals surface area contributed by atoms with E-state index in [2.05, 4.69) is 5.32 Å². The van der Waals surface area contributed by atoms with E-state index in [1.807, 2.05) is 45.0 Å². The number of hydrogen-bond acceptors (Lipinski definition) is 2. The third kappa shape index (κ3) is 3.38. The summed E-state index contributed by atoms with van der Waals surface area (Å²) < 4.78 is 0. The highest BCUT2D eigenvalue weighted by Crippen LogP contribution is 2.25. The third-order valence-electron chi connectivity index (χ3n) is 3.27. The van der Waals surface area contributed by atoms with Gasteiger partial charge in [-0.3, -0.25) is 4.79 Å². The molecule has 0 bridgehead atoms. The van der Waals surface area contributed by atoms with Gasteiger partial charge in [-0.1, -0.05) is 29.8 Å². The molecule has 20 heavy (non-hydrogen) atoms. The van der Waals surface area contributed by atoms with Gasteiger partial charge in [0, 0.05) is 5.69 Å². The Morgan fingerprint density at radius 3 is 2.15 bits per heavy atom. The molecule has 2 aromatic rings. The number of benzene rings is 2. The molecule has 0 saturated heterocycles. The maximum Gasteiger partial charge on any atom is 0.228 e. The fourth-order valence-electron chi connectivity index (χ4n) is 2.21. The van der Waals surface area contributed by atoms with Crippen molar-refractivity contribution in [3.8, 4) is 5.75 Å². The van der Waals surface area contributed by atoms with Crippen molar-refractivity contribution in [2.24, 2.45) is 0 Å². The Balaban J connectivity index is 2.10. The topological polar surface area (TPSA) is 49.3 Å². The van der Waals surface area contributed by atoms with E-state index in [9.17, 15) is 9.90 Å². The van der Waals surface area contributed by atoms with Gasteiger partial charge < -0.3 is 10.4 Å². The van der Waals surface area contributed by atoms with Crippen molar-refractivity contribution in [1.29, 1.82) is 0 Å². The van der Waals surface area contributed by atoms with Gasteiger partial charge in [0.15, 0.2) is 0 Å². The lowest BCUT2D eigenvalue weighted by Crippen LogP contribution is -2.16. The highest BCUT2D eigenvalue weighted by molar-refractivity contribution is 5.93. The number of carbonyl (C=O) groups is 1. The Morgan fingerprint density at radius 1 is 1.05 bits per heavy atom. The number of nitrogens with one attached hydrogen (secondary N) is 1. The molecule has 3 nitrogen and oxygen atoms in total. The molecular weight excluding hydrogens is 250 g/mol. The van der Waals surface area contributed by atoms with E-state index in [1.165, 1.54) is 5.56 Å². The van der Waals surface area contributed by atoms with Crippen LogP contribution in [0, 0.1) is 20.8 Å². The van der Waals surface area contributed by atoms with Crippen LogP contribution in [0.5, 0.6) is 5.75 Å². The van der Waals surface area contributed by atoms with Crippen molar-refractivity contribution < 1.29 is 9.90 Å². The lowest BCUT2D eigenvalue weighted by molar-refractivity contribution is -0.115. The van der Waals surface area contributed by atoms with E-state index in [0.717, 1.165) is 22.4 Å². The summed E-state index contributed by atoms with van der Waals surface area (Å²) in [5, 5.41) is 12.4. The van der Waals surface area contributed by atoms with Crippen molar-refractivity contribution in [1.82, 2.24) is 0 Å². The molecule has 1 amide bonds. The Bertz CT molecular complexity index is 607. The number of amides is 1. The van der Waals surface area contributed by atoms with Gasteiger partial charge in [0.05, 0.1) is 6.42 Å². The summed E-state index contributed by atoms with van der Waals surface area (Å²) in [6, 6.07) is 11.2. The number of hydrogen-bond donors (Lipinski definition) is 2.